The molecule has 1 heterocycles. The minimum atomic E-state index is 0.445. The van der Waals surface area contributed by atoms with Gasteiger partial charge in [-0.3, -0.25) is 4.98 Å². The van der Waals surface area contributed by atoms with E-state index in [9.17, 15) is 0 Å². The van der Waals surface area contributed by atoms with Gasteiger partial charge in [0, 0.05) is 29.5 Å². The van der Waals surface area contributed by atoms with Gasteiger partial charge in [-0.25, -0.2) is 0 Å². The molecule has 1 aromatic carbocycles. The molecule has 0 aliphatic rings. The van der Waals surface area contributed by atoms with Crippen LogP contribution in [0.2, 0.25) is 10.0 Å². The number of benzene rings is 1. The Morgan fingerprint density at radius 1 is 1.21 bits per heavy atom. The van der Waals surface area contributed by atoms with Crippen LogP contribution in [0.1, 0.15) is 11.1 Å². The lowest BCUT2D eigenvalue weighted by atomic mass is 10.2. The van der Waals surface area contributed by atoms with E-state index in [1.807, 2.05) is 25.2 Å². The summed E-state index contributed by atoms with van der Waals surface area (Å²) in [4.78, 5) is 3.97. The van der Waals surface area contributed by atoms with E-state index in [0.29, 0.717) is 28.9 Å². The van der Waals surface area contributed by atoms with Crippen LogP contribution in [0.4, 0.5) is 0 Å². The molecule has 0 atom stereocenters. The average Bonchev–Trinajstić information content (AvgIpc) is 2.39. The van der Waals surface area contributed by atoms with Gasteiger partial charge in [0.05, 0.1) is 5.02 Å². The number of ether oxygens (including phenoxy) is 1. The first-order valence-electron chi connectivity index (χ1n) is 5.85. The van der Waals surface area contributed by atoms with Crippen molar-refractivity contribution in [3.05, 3.63) is 57.8 Å². The molecular weight excluding hydrogens is 283 g/mol. The van der Waals surface area contributed by atoms with Crippen LogP contribution >= 0.6 is 23.2 Å². The molecule has 0 aliphatic heterocycles. The molecule has 0 unspecified atom stereocenters. The van der Waals surface area contributed by atoms with E-state index < -0.39 is 0 Å². The van der Waals surface area contributed by atoms with Crippen LogP contribution in [-0.4, -0.2) is 12.0 Å². The molecule has 0 spiro atoms. The number of hydrogen-bond donors (Lipinski definition) is 1. The van der Waals surface area contributed by atoms with Gasteiger partial charge in [0.1, 0.15) is 12.4 Å². The molecule has 1 N–H and O–H groups in total. The number of halogens is 2. The van der Waals surface area contributed by atoms with Crippen LogP contribution in [-0.2, 0) is 13.2 Å². The Kier molecular flexibility index (Phi) is 5.02. The molecule has 1 aromatic heterocycles. The molecule has 5 heteroatoms. The lowest BCUT2D eigenvalue weighted by molar-refractivity contribution is 0.302. The highest BCUT2D eigenvalue weighted by Crippen LogP contribution is 2.33. The minimum absolute atomic E-state index is 0.445. The van der Waals surface area contributed by atoms with Crippen molar-refractivity contribution in [2.24, 2.45) is 0 Å². The van der Waals surface area contributed by atoms with Crippen molar-refractivity contribution in [1.29, 1.82) is 0 Å². The summed E-state index contributed by atoms with van der Waals surface area (Å²) in [5.74, 6) is 0.664. The topological polar surface area (TPSA) is 34.1 Å². The van der Waals surface area contributed by atoms with Crippen LogP contribution in [0.15, 0.2) is 36.7 Å². The van der Waals surface area contributed by atoms with Crippen LogP contribution < -0.4 is 10.1 Å². The lowest BCUT2D eigenvalue weighted by Gasteiger charge is -2.13. The van der Waals surface area contributed by atoms with Crippen molar-refractivity contribution in [3.8, 4) is 5.75 Å². The Morgan fingerprint density at radius 3 is 2.63 bits per heavy atom. The number of hydrogen-bond acceptors (Lipinski definition) is 3. The lowest BCUT2D eigenvalue weighted by Crippen LogP contribution is -2.08. The van der Waals surface area contributed by atoms with Gasteiger partial charge in [-0.15, -0.1) is 0 Å². The summed E-state index contributed by atoms with van der Waals surface area (Å²) in [5, 5.41) is 4.19. The Hall–Kier alpha value is -1.29. The van der Waals surface area contributed by atoms with Crippen LogP contribution in [0.25, 0.3) is 0 Å². The van der Waals surface area contributed by atoms with Crippen LogP contribution in [0.3, 0.4) is 0 Å². The maximum atomic E-state index is 6.19. The van der Waals surface area contributed by atoms with Gasteiger partial charge in [0.15, 0.2) is 0 Å². The van der Waals surface area contributed by atoms with E-state index in [1.54, 1.807) is 18.5 Å². The molecule has 2 aromatic rings. The molecule has 0 bridgehead atoms. The van der Waals surface area contributed by atoms with E-state index in [0.717, 1.165) is 11.1 Å². The zero-order valence-corrected chi connectivity index (χ0v) is 12.0. The summed E-state index contributed by atoms with van der Waals surface area (Å²) < 4.78 is 5.80. The largest absolute Gasteiger partial charge is 0.487 e. The number of rotatable bonds is 5. The number of pyridine rings is 1. The zero-order valence-electron chi connectivity index (χ0n) is 10.5. The summed E-state index contributed by atoms with van der Waals surface area (Å²) in [6.07, 6.45) is 3.47. The molecule has 2 rings (SSSR count). The minimum Gasteiger partial charge on any atom is -0.487 e. The van der Waals surface area contributed by atoms with E-state index in [-0.39, 0.29) is 0 Å². The fraction of sp³-hybridized carbons (Fsp3) is 0.214. The van der Waals surface area contributed by atoms with E-state index in [2.05, 4.69) is 10.3 Å². The summed E-state index contributed by atoms with van der Waals surface area (Å²) in [6.45, 7) is 1.09. The standard InChI is InChI=1S/C14H14Cl2N2O/c1-17-8-11-6-12(15)7-13(16)14(11)19-9-10-2-4-18-5-3-10/h2-7,17H,8-9H2,1H3. The quantitative estimate of drug-likeness (QED) is 0.914. The fourth-order valence-corrected chi connectivity index (χ4v) is 2.32. The molecular formula is C14H14Cl2N2O. The second kappa shape index (κ2) is 6.75. The van der Waals surface area contributed by atoms with Crippen molar-refractivity contribution in [1.82, 2.24) is 10.3 Å². The molecule has 0 aliphatic carbocycles. The molecule has 3 nitrogen and oxygen atoms in total. The SMILES string of the molecule is CNCc1cc(Cl)cc(Cl)c1OCc1ccncc1. The predicted octanol–water partition coefficient (Wildman–Crippen LogP) is 3.69. The van der Waals surface area contributed by atoms with Crippen molar-refractivity contribution < 1.29 is 4.74 Å². The first kappa shape index (κ1) is 14.1. The van der Waals surface area contributed by atoms with Crippen molar-refractivity contribution >= 4 is 23.2 Å². The second-order valence-electron chi connectivity index (χ2n) is 4.05. The molecule has 19 heavy (non-hydrogen) atoms. The molecule has 0 radical (unpaired) electrons. The Balaban J connectivity index is 2.19. The summed E-state index contributed by atoms with van der Waals surface area (Å²) in [5.41, 5.74) is 1.98. The predicted molar refractivity (Wildman–Crippen MR) is 77.8 cm³/mol. The van der Waals surface area contributed by atoms with Gasteiger partial charge >= 0.3 is 0 Å². The number of nitrogens with one attached hydrogen (secondary N) is 1. The van der Waals surface area contributed by atoms with Gasteiger partial charge in [0.25, 0.3) is 0 Å². The van der Waals surface area contributed by atoms with Crippen LogP contribution in [0.5, 0.6) is 5.75 Å². The van der Waals surface area contributed by atoms with Gasteiger partial charge in [-0.1, -0.05) is 23.2 Å². The van der Waals surface area contributed by atoms with Crippen LogP contribution in [0, 0.1) is 0 Å². The number of aromatic nitrogens is 1. The highest BCUT2D eigenvalue weighted by atomic mass is 35.5. The second-order valence-corrected chi connectivity index (χ2v) is 4.89. The van der Waals surface area contributed by atoms with Crippen molar-refractivity contribution in [2.45, 2.75) is 13.2 Å². The number of nitrogens with zero attached hydrogens (tertiary/aromatic N) is 1. The molecule has 100 valence electrons. The highest BCUT2D eigenvalue weighted by Gasteiger charge is 2.10. The maximum Gasteiger partial charge on any atom is 0.142 e. The smallest absolute Gasteiger partial charge is 0.142 e. The summed E-state index contributed by atoms with van der Waals surface area (Å²) >= 11 is 12.2. The first-order valence-corrected chi connectivity index (χ1v) is 6.60. The van der Waals surface area contributed by atoms with Crippen molar-refractivity contribution in [2.75, 3.05) is 7.05 Å². The summed E-state index contributed by atoms with van der Waals surface area (Å²) in [7, 11) is 1.86. The van der Waals surface area contributed by atoms with Gasteiger partial charge in [-0.2, -0.15) is 0 Å². The molecule has 0 amide bonds. The summed E-state index contributed by atoms with van der Waals surface area (Å²) in [6, 6.07) is 7.35. The van der Waals surface area contributed by atoms with E-state index in [4.69, 9.17) is 27.9 Å². The first-order chi connectivity index (χ1) is 9.20. The molecule has 0 fully saturated rings. The van der Waals surface area contributed by atoms with Gasteiger partial charge < -0.3 is 10.1 Å². The Labute approximate surface area is 122 Å². The Morgan fingerprint density at radius 2 is 1.95 bits per heavy atom. The third-order valence-electron chi connectivity index (χ3n) is 2.59. The average molecular weight is 297 g/mol. The van der Waals surface area contributed by atoms with Gasteiger partial charge in [-0.05, 0) is 36.9 Å². The maximum absolute atomic E-state index is 6.19. The highest BCUT2D eigenvalue weighted by molar-refractivity contribution is 6.35. The Bertz CT molecular complexity index is 547. The van der Waals surface area contributed by atoms with E-state index >= 15 is 0 Å². The zero-order chi connectivity index (χ0) is 13.7. The fourth-order valence-electron chi connectivity index (χ4n) is 1.73. The van der Waals surface area contributed by atoms with Gasteiger partial charge in [0.2, 0.25) is 0 Å². The monoisotopic (exact) mass is 296 g/mol. The third kappa shape index (κ3) is 3.83. The van der Waals surface area contributed by atoms with E-state index in [1.165, 1.54) is 0 Å². The van der Waals surface area contributed by atoms with Crippen molar-refractivity contribution in [3.63, 3.8) is 0 Å². The third-order valence-corrected chi connectivity index (χ3v) is 3.08. The molecule has 0 saturated carbocycles. The molecule has 0 saturated heterocycles. The normalized spacial score (nSPS) is 10.5.